The molecule has 0 atom stereocenters. The normalized spacial score (nSPS) is 10.6. The van der Waals surface area contributed by atoms with Crippen molar-refractivity contribution < 1.29 is 4.92 Å². The number of likely N-dealkylation sites (N-methyl/N-ethyl adjacent to an activating group) is 1. The van der Waals surface area contributed by atoms with Crippen molar-refractivity contribution >= 4 is 23.0 Å². The monoisotopic (exact) mass is 257 g/mol. The van der Waals surface area contributed by atoms with E-state index in [9.17, 15) is 10.1 Å². The van der Waals surface area contributed by atoms with Gasteiger partial charge in [-0.25, -0.2) is 0 Å². The maximum absolute atomic E-state index is 10.8. The highest BCUT2D eigenvalue weighted by Gasteiger charge is 2.13. The van der Waals surface area contributed by atoms with E-state index in [2.05, 4.69) is 17.1 Å². The summed E-state index contributed by atoms with van der Waals surface area (Å²) < 4.78 is 0. The van der Waals surface area contributed by atoms with Crippen LogP contribution in [-0.2, 0) is 0 Å². The molecule has 1 N–H and O–H groups in total. The Kier molecular flexibility index (Phi) is 5.18. The molecule has 0 unspecified atom stereocenters. The van der Waals surface area contributed by atoms with Gasteiger partial charge in [0.05, 0.1) is 4.92 Å². The predicted octanol–water partition coefficient (Wildman–Crippen LogP) is 2.61. The summed E-state index contributed by atoms with van der Waals surface area (Å²) in [7, 11) is 2.00. The van der Waals surface area contributed by atoms with Gasteiger partial charge in [0.15, 0.2) is 0 Å². The second kappa shape index (κ2) is 6.42. The first-order valence-corrected chi connectivity index (χ1v) is 5.78. The molecular weight excluding hydrogens is 242 g/mol. The van der Waals surface area contributed by atoms with Crippen LogP contribution in [0.3, 0.4) is 0 Å². The van der Waals surface area contributed by atoms with Crippen LogP contribution in [0.1, 0.15) is 6.92 Å². The zero-order valence-corrected chi connectivity index (χ0v) is 10.7. The van der Waals surface area contributed by atoms with Crippen LogP contribution >= 0.6 is 11.6 Å². The van der Waals surface area contributed by atoms with Gasteiger partial charge in [-0.1, -0.05) is 18.5 Å². The number of nitrogens with one attached hydrogen (secondary N) is 1. The fourth-order valence-corrected chi connectivity index (χ4v) is 1.51. The van der Waals surface area contributed by atoms with Crippen molar-refractivity contribution in [2.75, 3.05) is 32.0 Å². The molecule has 0 heterocycles. The summed E-state index contributed by atoms with van der Waals surface area (Å²) in [6, 6.07) is 4.63. The maximum atomic E-state index is 10.8. The highest BCUT2D eigenvalue weighted by Crippen LogP contribution is 2.27. The van der Waals surface area contributed by atoms with Crippen molar-refractivity contribution in [3.8, 4) is 0 Å². The predicted molar refractivity (Wildman–Crippen MR) is 69.8 cm³/mol. The zero-order chi connectivity index (χ0) is 12.8. The molecule has 17 heavy (non-hydrogen) atoms. The summed E-state index contributed by atoms with van der Waals surface area (Å²) in [6.45, 7) is 4.50. The Balaban J connectivity index is 2.67. The van der Waals surface area contributed by atoms with E-state index in [1.54, 1.807) is 12.1 Å². The zero-order valence-electron chi connectivity index (χ0n) is 9.94. The number of hydrogen-bond acceptors (Lipinski definition) is 4. The fraction of sp³-hybridized carbons (Fsp3) is 0.455. The van der Waals surface area contributed by atoms with Crippen molar-refractivity contribution in [1.29, 1.82) is 0 Å². The van der Waals surface area contributed by atoms with E-state index in [0.29, 0.717) is 17.3 Å². The van der Waals surface area contributed by atoms with Crippen LogP contribution in [0.2, 0.25) is 5.02 Å². The van der Waals surface area contributed by atoms with E-state index in [0.717, 1.165) is 13.1 Å². The van der Waals surface area contributed by atoms with Crippen LogP contribution < -0.4 is 5.32 Å². The number of rotatable bonds is 6. The van der Waals surface area contributed by atoms with Gasteiger partial charge in [-0.05, 0) is 25.7 Å². The molecule has 0 aliphatic heterocycles. The Morgan fingerprint density at radius 3 is 2.82 bits per heavy atom. The molecular formula is C11H16ClN3O2. The quantitative estimate of drug-likeness (QED) is 0.629. The average molecular weight is 258 g/mol. The highest BCUT2D eigenvalue weighted by molar-refractivity contribution is 6.30. The molecule has 0 bridgehead atoms. The summed E-state index contributed by atoms with van der Waals surface area (Å²) in [6.07, 6.45) is 0. The number of nitro benzene ring substituents is 1. The van der Waals surface area contributed by atoms with E-state index >= 15 is 0 Å². The maximum Gasteiger partial charge on any atom is 0.293 e. The molecule has 0 aliphatic rings. The van der Waals surface area contributed by atoms with E-state index < -0.39 is 4.92 Å². The Morgan fingerprint density at radius 2 is 2.24 bits per heavy atom. The van der Waals surface area contributed by atoms with Gasteiger partial charge < -0.3 is 10.2 Å². The number of benzene rings is 1. The van der Waals surface area contributed by atoms with Crippen molar-refractivity contribution in [2.45, 2.75) is 6.92 Å². The van der Waals surface area contributed by atoms with Crippen molar-refractivity contribution in [1.82, 2.24) is 4.90 Å². The molecule has 6 heteroatoms. The van der Waals surface area contributed by atoms with Gasteiger partial charge in [-0.15, -0.1) is 0 Å². The van der Waals surface area contributed by atoms with Gasteiger partial charge in [-0.3, -0.25) is 10.1 Å². The Labute approximate surface area is 106 Å². The highest BCUT2D eigenvalue weighted by atomic mass is 35.5. The summed E-state index contributed by atoms with van der Waals surface area (Å²) in [5.41, 5.74) is 0.514. The number of halogens is 1. The van der Waals surface area contributed by atoms with Gasteiger partial charge in [0, 0.05) is 24.2 Å². The molecule has 0 fully saturated rings. The molecule has 1 rings (SSSR count). The Morgan fingerprint density at radius 1 is 1.53 bits per heavy atom. The molecule has 0 saturated carbocycles. The summed E-state index contributed by atoms with van der Waals surface area (Å²) in [5.74, 6) is 0. The third-order valence-corrected chi connectivity index (χ3v) is 2.74. The molecule has 0 amide bonds. The van der Waals surface area contributed by atoms with Crippen LogP contribution in [0, 0.1) is 10.1 Å². The number of nitro groups is 1. The first-order valence-electron chi connectivity index (χ1n) is 5.41. The van der Waals surface area contributed by atoms with E-state index in [1.165, 1.54) is 6.07 Å². The lowest BCUT2D eigenvalue weighted by molar-refractivity contribution is -0.383. The van der Waals surface area contributed by atoms with Gasteiger partial charge in [0.25, 0.3) is 5.69 Å². The van der Waals surface area contributed by atoms with E-state index in [1.807, 2.05) is 7.05 Å². The minimum atomic E-state index is -0.433. The van der Waals surface area contributed by atoms with E-state index in [4.69, 9.17) is 11.6 Å². The summed E-state index contributed by atoms with van der Waals surface area (Å²) in [4.78, 5) is 12.5. The van der Waals surface area contributed by atoms with Gasteiger partial charge in [0.2, 0.25) is 0 Å². The third kappa shape index (κ3) is 4.20. The first kappa shape index (κ1) is 13.7. The van der Waals surface area contributed by atoms with Crippen LogP contribution in [0.4, 0.5) is 11.4 Å². The lowest BCUT2D eigenvalue weighted by Crippen LogP contribution is -2.24. The minimum Gasteiger partial charge on any atom is -0.378 e. The van der Waals surface area contributed by atoms with Crippen LogP contribution in [0.25, 0.3) is 0 Å². The van der Waals surface area contributed by atoms with Crippen LogP contribution in [-0.4, -0.2) is 36.5 Å². The van der Waals surface area contributed by atoms with Gasteiger partial charge >= 0.3 is 0 Å². The molecule has 0 radical (unpaired) electrons. The molecule has 0 aliphatic carbocycles. The topological polar surface area (TPSA) is 58.4 Å². The lowest BCUT2D eigenvalue weighted by atomic mass is 10.2. The molecule has 1 aromatic rings. The van der Waals surface area contributed by atoms with Crippen LogP contribution in [0.5, 0.6) is 0 Å². The number of anilines is 1. The average Bonchev–Trinajstić information content (AvgIpc) is 2.30. The van der Waals surface area contributed by atoms with E-state index in [-0.39, 0.29) is 5.69 Å². The van der Waals surface area contributed by atoms with Crippen molar-refractivity contribution in [3.05, 3.63) is 33.3 Å². The molecule has 0 aromatic heterocycles. The number of hydrogen-bond donors (Lipinski definition) is 1. The SMILES string of the molecule is CCN(C)CCNc1ccc(Cl)cc1[N+](=O)[O-]. The molecule has 0 saturated heterocycles. The van der Waals surface area contributed by atoms with Gasteiger partial charge in [0.1, 0.15) is 5.69 Å². The Bertz CT molecular complexity index is 398. The number of nitrogens with zero attached hydrogens (tertiary/aromatic N) is 2. The third-order valence-electron chi connectivity index (χ3n) is 2.51. The van der Waals surface area contributed by atoms with Crippen molar-refractivity contribution in [2.24, 2.45) is 0 Å². The summed E-state index contributed by atoms with van der Waals surface area (Å²) in [5, 5.41) is 14.2. The second-order valence-corrected chi connectivity index (χ2v) is 4.18. The van der Waals surface area contributed by atoms with Crippen LogP contribution in [0.15, 0.2) is 18.2 Å². The second-order valence-electron chi connectivity index (χ2n) is 3.74. The van der Waals surface area contributed by atoms with Gasteiger partial charge in [-0.2, -0.15) is 0 Å². The molecule has 0 spiro atoms. The fourth-order valence-electron chi connectivity index (χ4n) is 1.34. The molecule has 1 aromatic carbocycles. The largest absolute Gasteiger partial charge is 0.378 e. The van der Waals surface area contributed by atoms with Crippen molar-refractivity contribution in [3.63, 3.8) is 0 Å². The summed E-state index contributed by atoms with van der Waals surface area (Å²) >= 11 is 5.73. The minimum absolute atomic E-state index is 0.0108. The Hall–Kier alpha value is -1.33. The lowest BCUT2D eigenvalue weighted by Gasteiger charge is -2.14. The molecule has 5 nitrogen and oxygen atoms in total. The smallest absolute Gasteiger partial charge is 0.293 e. The standard InChI is InChI=1S/C11H16ClN3O2/c1-3-14(2)7-6-13-10-5-4-9(12)8-11(10)15(16)17/h4-5,8,13H,3,6-7H2,1-2H3. The molecule has 94 valence electrons. The first-order chi connectivity index (χ1) is 8.04.